The van der Waals surface area contributed by atoms with Gasteiger partial charge in [0.2, 0.25) is 0 Å². The number of carbonyl (C=O) groups is 1. The first-order chi connectivity index (χ1) is 13.9. The molecule has 152 valence electrons. The molecule has 0 spiro atoms. The number of hydrogen-bond acceptors (Lipinski definition) is 4. The van der Waals surface area contributed by atoms with Crippen LogP contribution in [0, 0.1) is 0 Å². The molecule has 0 saturated carbocycles. The van der Waals surface area contributed by atoms with E-state index in [2.05, 4.69) is 15.3 Å². The summed E-state index contributed by atoms with van der Waals surface area (Å²) in [5.74, 6) is 0.909. The van der Waals surface area contributed by atoms with Gasteiger partial charge in [0.05, 0.1) is 24.6 Å². The highest BCUT2D eigenvalue weighted by Crippen LogP contribution is 2.29. The van der Waals surface area contributed by atoms with Crippen LogP contribution in [0.3, 0.4) is 0 Å². The van der Waals surface area contributed by atoms with E-state index in [1.807, 2.05) is 24.3 Å². The van der Waals surface area contributed by atoms with Crippen LogP contribution in [-0.2, 0) is 6.18 Å². The Labute approximate surface area is 169 Å². The molecule has 1 aromatic heterocycles. The van der Waals surface area contributed by atoms with E-state index >= 15 is 0 Å². The van der Waals surface area contributed by atoms with Crippen molar-refractivity contribution >= 4 is 17.7 Å². The highest BCUT2D eigenvalue weighted by atomic mass is 32.2. The molecule has 0 atom stereocenters. The van der Waals surface area contributed by atoms with Crippen LogP contribution in [0.1, 0.15) is 15.9 Å². The number of rotatable bonds is 7. The Balaban J connectivity index is 1.47. The average molecular weight is 421 g/mol. The van der Waals surface area contributed by atoms with Crippen LogP contribution in [0.5, 0.6) is 5.75 Å². The molecular formula is C20H18F3N3O2S. The third-order valence-corrected chi connectivity index (χ3v) is 4.94. The number of thioether (sulfide) groups is 1. The monoisotopic (exact) mass is 421 g/mol. The van der Waals surface area contributed by atoms with Gasteiger partial charge in [0.25, 0.3) is 5.91 Å². The maximum Gasteiger partial charge on any atom is 0.416 e. The highest BCUT2D eigenvalue weighted by molar-refractivity contribution is 7.99. The molecular weight excluding hydrogens is 403 g/mol. The number of methoxy groups -OCH3 is 1. The van der Waals surface area contributed by atoms with Gasteiger partial charge in [-0.25, -0.2) is 4.98 Å². The Hall–Kier alpha value is -2.94. The minimum absolute atomic E-state index is 0.183. The lowest BCUT2D eigenvalue weighted by Crippen LogP contribution is -2.25. The number of hydrogen-bond donors (Lipinski definition) is 2. The number of amides is 1. The molecule has 2 N–H and O–H groups in total. The van der Waals surface area contributed by atoms with E-state index in [4.69, 9.17) is 4.74 Å². The first-order valence-corrected chi connectivity index (χ1v) is 9.63. The van der Waals surface area contributed by atoms with Gasteiger partial charge in [-0.1, -0.05) is 11.8 Å². The van der Waals surface area contributed by atoms with E-state index in [1.165, 1.54) is 23.9 Å². The van der Waals surface area contributed by atoms with E-state index < -0.39 is 17.6 Å². The maximum atomic E-state index is 12.6. The predicted molar refractivity (Wildman–Crippen MR) is 105 cm³/mol. The van der Waals surface area contributed by atoms with Gasteiger partial charge in [0.1, 0.15) is 5.75 Å². The molecule has 2 aromatic carbocycles. The van der Waals surface area contributed by atoms with Crippen molar-refractivity contribution in [3.05, 3.63) is 65.9 Å². The van der Waals surface area contributed by atoms with Crippen molar-refractivity contribution in [3.63, 3.8) is 0 Å². The summed E-state index contributed by atoms with van der Waals surface area (Å²) >= 11 is 1.43. The number of ether oxygens (including phenoxy) is 1. The van der Waals surface area contributed by atoms with Gasteiger partial charge in [0.15, 0.2) is 5.16 Å². The Kier molecular flexibility index (Phi) is 6.48. The number of aromatic amines is 1. The van der Waals surface area contributed by atoms with Gasteiger partial charge in [-0.05, 0) is 54.1 Å². The van der Waals surface area contributed by atoms with Crippen LogP contribution < -0.4 is 10.1 Å². The summed E-state index contributed by atoms with van der Waals surface area (Å²) in [6.07, 6.45) is -2.69. The third kappa shape index (κ3) is 5.54. The highest BCUT2D eigenvalue weighted by Gasteiger charge is 2.30. The lowest BCUT2D eigenvalue weighted by molar-refractivity contribution is -0.137. The number of carbonyl (C=O) groups excluding carboxylic acids is 1. The first-order valence-electron chi connectivity index (χ1n) is 8.64. The maximum absolute atomic E-state index is 12.6. The van der Waals surface area contributed by atoms with E-state index in [1.54, 1.807) is 13.3 Å². The molecule has 1 heterocycles. The van der Waals surface area contributed by atoms with Crippen molar-refractivity contribution in [1.82, 2.24) is 15.3 Å². The zero-order chi connectivity index (χ0) is 20.9. The summed E-state index contributed by atoms with van der Waals surface area (Å²) in [5, 5.41) is 3.39. The quantitative estimate of drug-likeness (QED) is 0.431. The lowest BCUT2D eigenvalue weighted by Gasteiger charge is -2.08. The van der Waals surface area contributed by atoms with E-state index in [0.29, 0.717) is 17.5 Å². The van der Waals surface area contributed by atoms with Crippen LogP contribution in [0.4, 0.5) is 13.2 Å². The molecule has 3 aromatic rings. The van der Waals surface area contributed by atoms with Crippen molar-refractivity contribution < 1.29 is 22.7 Å². The second-order valence-electron chi connectivity index (χ2n) is 6.01. The number of halogens is 3. The molecule has 0 bridgehead atoms. The number of nitrogens with zero attached hydrogens (tertiary/aromatic N) is 1. The Bertz CT molecular complexity index is 954. The molecule has 9 heteroatoms. The van der Waals surface area contributed by atoms with Crippen molar-refractivity contribution in [3.8, 4) is 17.0 Å². The van der Waals surface area contributed by atoms with Gasteiger partial charge in [0, 0.05) is 17.9 Å². The minimum Gasteiger partial charge on any atom is -0.497 e. The van der Waals surface area contributed by atoms with E-state index in [-0.39, 0.29) is 5.56 Å². The number of imidazole rings is 1. The van der Waals surface area contributed by atoms with Gasteiger partial charge in [-0.3, -0.25) is 4.79 Å². The fraction of sp³-hybridized carbons (Fsp3) is 0.200. The van der Waals surface area contributed by atoms with Crippen LogP contribution in [0.2, 0.25) is 0 Å². The molecule has 0 saturated heterocycles. The summed E-state index contributed by atoms with van der Waals surface area (Å²) in [4.78, 5) is 19.5. The molecule has 1 amide bonds. The zero-order valence-corrected chi connectivity index (χ0v) is 16.2. The standard InChI is InChI=1S/C20H18F3N3O2S/c1-28-16-8-4-13(5-9-16)17-12-25-19(26-17)29-11-10-24-18(27)14-2-6-15(7-3-14)20(21,22)23/h2-9,12H,10-11H2,1H3,(H,24,27)(H,25,26). The van der Waals surface area contributed by atoms with Crippen molar-refractivity contribution in [2.45, 2.75) is 11.3 Å². The average Bonchev–Trinajstić information content (AvgIpc) is 3.19. The van der Waals surface area contributed by atoms with Crippen molar-refractivity contribution in [2.75, 3.05) is 19.4 Å². The number of aromatic nitrogens is 2. The second-order valence-corrected chi connectivity index (χ2v) is 7.09. The Morgan fingerprint density at radius 1 is 1.14 bits per heavy atom. The predicted octanol–water partition coefficient (Wildman–Crippen LogP) is 4.63. The first kappa shape index (κ1) is 20.8. The molecule has 3 rings (SSSR count). The van der Waals surface area contributed by atoms with Gasteiger partial charge < -0.3 is 15.0 Å². The van der Waals surface area contributed by atoms with Crippen molar-refractivity contribution in [1.29, 1.82) is 0 Å². The largest absolute Gasteiger partial charge is 0.497 e. The lowest BCUT2D eigenvalue weighted by atomic mass is 10.1. The van der Waals surface area contributed by atoms with Gasteiger partial charge >= 0.3 is 6.18 Å². The summed E-state index contributed by atoms with van der Waals surface area (Å²) in [6.45, 7) is 0.350. The van der Waals surface area contributed by atoms with Gasteiger partial charge in [-0.2, -0.15) is 13.2 Å². The molecule has 0 fully saturated rings. The van der Waals surface area contributed by atoms with Crippen LogP contribution in [0.25, 0.3) is 11.3 Å². The number of benzene rings is 2. The fourth-order valence-corrected chi connectivity index (χ4v) is 3.23. The number of nitrogens with one attached hydrogen (secondary N) is 2. The second kappa shape index (κ2) is 9.04. The van der Waals surface area contributed by atoms with Crippen LogP contribution in [0.15, 0.2) is 59.9 Å². The van der Waals surface area contributed by atoms with Gasteiger partial charge in [-0.15, -0.1) is 0 Å². The number of H-pyrrole nitrogens is 1. The molecule has 5 nitrogen and oxygen atoms in total. The number of alkyl halides is 3. The summed E-state index contributed by atoms with van der Waals surface area (Å²) in [5.41, 5.74) is 1.24. The smallest absolute Gasteiger partial charge is 0.416 e. The summed E-state index contributed by atoms with van der Waals surface area (Å²) < 4.78 is 42.8. The molecule has 0 aliphatic heterocycles. The van der Waals surface area contributed by atoms with E-state index in [9.17, 15) is 18.0 Å². The SMILES string of the molecule is COc1ccc(-c2cnc(SCCNC(=O)c3ccc(C(F)(F)F)cc3)[nH]2)cc1. The Morgan fingerprint density at radius 2 is 1.83 bits per heavy atom. The van der Waals surface area contributed by atoms with Crippen LogP contribution >= 0.6 is 11.8 Å². The fourth-order valence-electron chi connectivity index (χ4n) is 2.52. The topological polar surface area (TPSA) is 67.0 Å². The van der Waals surface area contributed by atoms with E-state index in [0.717, 1.165) is 29.1 Å². The van der Waals surface area contributed by atoms with Crippen molar-refractivity contribution in [2.24, 2.45) is 0 Å². The third-order valence-electron chi connectivity index (χ3n) is 4.05. The molecule has 29 heavy (non-hydrogen) atoms. The molecule has 0 unspecified atom stereocenters. The molecule has 0 aliphatic rings. The zero-order valence-electron chi connectivity index (χ0n) is 15.4. The minimum atomic E-state index is -4.42. The molecule has 0 aliphatic carbocycles. The summed E-state index contributed by atoms with van der Waals surface area (Å²) in [7, 11) is 1.61. The summed E-state index contributed by atoms with van der Waals surface area (Å²) in [6, 6.07) is 11.7. The molecule has 0 radical (unpaired) electrons. The van der Waals surface area contributed by atoms with Crippen LogP contribution in [-0.4, -0.2) is 35.3 Å². The Morgan fingerprint density at radius 3 is 2.45 bits per heavy atom. The normalized spacial score (nSPS) is 11.3.